The van der Waals surface area contributed by atoms with Gasteiger partial charge in [-0.15, -0.1) is 0 Å². The molecule has 2 aromatic carbocycles. The van der Waals surface area contributed by atoms with E-state index in [1.807, 2.05) is 29.2 Å². The molecule has 0 aromatic heterocycles. The molecule has 130 valence electrons. The van der Waals surface area contributed by atoms with Crippen molar-refractivity contribution in [2.24, 2.45) is 0 Å². The third-order valence-corrected chi connectivity index (χ3v) is 4.89. The lowest BCUT2D eigenvalue weighted by Crippen LogP contribution is -2.48. The average molecular weight is 334 g/mol. The molecular formula is C22H26N2O. The highest BCUT2D eigenvalue weighted by molar-refractivity contribution is 5.94. The van der Waals surface area contributed by atoms with Gasteiger partial charge in [0.05, 0.1) is 0 Å². The van der Waals surface area contributed by atoms with E-state index in [9.17, 15) is 4.79 Å². The molecule has 0 aliphatic carbocycles. The third-order valence-electron chi connectivity index (χ3n) is 4.89. The van der Waals surface area contributed by atoms with Gasteiger partial charge in [0.25, 0.3) is 5.91 Å². The van der Waals surface area contributed by atoms with Crippen LogP contribution in [0.4, 0.5) is 0 Å². The number of nitrogens with zero attached hydrogens (tertiary/aromatic N) is 2. The molecule has 0 saturated carbocycles. The molecule has 0 bridgehead atoms. The van der Waals surface area contributed by atoms with Crippen LogP contribution in [0.5, 0.6) is 0 Å². The number of aryl methyl sites for hydroxylation is 2. The van der Waals surface area contributed by atoms with E-state index in [0.29, 0.717) is 0 Å². The molecular weight excluding hydrogens is 308 g/mol. The molecule has 1 saturated heterocycles. The predicted octanol–water partition coefficient (Wildman–Crippen LogP) is 3.77. The molecule has 2 aromatic rings. The smallest absolute Gasteiger partial charge is 0.253 e. The predicted molar refractivity (Wildman–Crippen MR) is 104 cm³/mol. The Morgan fingerprint density at radius 3 is 2.36 bits per heavy atom. The van der Waals surface area contributed by atoms with Crippen LogP contribution < -0.4 is 0 Å². The Morgan fingerprint density at radius 2 is 1.68 bits per heavy atom. The van der Waals surface area contributed by atoms with E-state index in [4.69, 9.17) is 0 Å². The van der Waals surface area contributed by atoms with Crippen LogP contribution in [0.25, 0.3) is 6.08 Å². The fourth-order valence-corrected chi connectivity index (χ4v) is 3.09. The van der Waals surface area contributed by atoms with Crippen LogP contribution in [0.2, 0.25) is 0 Å². The first kappa shape index (κ1) is 17.4. The van der Waals surface area contributed by atoms with Crippen LogP contribution in [0.15, 0.2) is 54.6 Å². The molecule has 0 spiro atoms. The topological polar surface area (TPSA) is 23.6 Å². The highest BCUT2D eigenvalue weighted by Crippen LogP contribution is 2.14. The summed E-state index contributed by atoms with van der Waals surface area (Å²) in [5, 5.41) is 0. The second-order valence-electron chi connectivity index (χ2n) is 6.70. The van der Waals surface area contributed by atoms with Crippen molar-refractivity contribution in [2.75, 3.05) is 32.7 Å². The molecule has 3 heteroatoms. The maximum absolute atomic E-state index is 12.7. The molecule has 3 rings (SSSR count). The summed E-state index contributed by atoms with van der Waals surface area (Å²) in [6, 6.07) is 16.3. The Labute approximate surface area is 150 Å². The van der Waals surface area contributed by atoms with Crippen molar-refractivity contribution in [3.8, 4) is 0 Å². The summed E-state index contributed by atoms with van der Waals surface area (Å²) in [6.45, 7) is 8.51. The van der Waals surface area contributed by atoms with Gasteiger partial charge < -0.3 is 4.90 Å². The van der Waals surface area contributed by atoms with Crippen LogP contribution >= 0.6 is 0 Å². The normalized spacial score (nSPS) is 15.7. The van der Waals surface area contributed by atoms with Crippen molar-refractivity contribution in [1.82, 2.24) is 9.80 Å². The number of amides is 1. The zero-order valence-electron chi connectivity index (χ0n) is 15.1. The first-order valence-electron chi connectivity index (χ1n) is 8.94. The molecule has 0 radical (unpaired) electrons. The largest absolute Gasteiger partial charge is 0.336 e. The molecule has 0 unspecified atom stereocenters. The average Bonchev–Trinajstić information content (AvgIpc) is 2.65. The van der Waals surface area contributed by atoms with Crippen molar-refractivity contribution < 1.29 is 4.79 Å². The Morgan fingerprint density at radius 1 is 0.960 bits per heavy atom. The molecule has 3 nitrogen and oxygen atoms in total. The van der Waals surface area contributed by atoms with Crippen molar-refractivity contribution in [2.45, 2.75) is 13.8 Å². The van der Waals surface area contributed by atoms with Gasteiger partial charge in [-0.25, -0.2) is 0 Å². The van der Waals surface area contributed by atoms with Crippen LogP contribution in [-0.2, 0) is 0 Å². The fourth-order valence-electron chi connectivity index (χ4n) is 3.09. The van der Waals surface area contributed by atoms with E-state index < -0.39 is 0 Å². The number of hydrogen-bond donors (Lipinski definition) is 0. The Balaban J connectivity index is 1.50. The summed E-state index contributed by atoms with van der Waals surface area (Å²) < 4.78 is 0. The van der Waals surface area contributed by atoms with E-state index in [0.717, 1.165) is 38.3 Å². The summed E-state index contributed by atoms with van der Waals surface area (Å²) in [6.07, 6.45) is 4.36. The maximum atomic E-state index is 12.7. The van der Waals surface area contributed by atoms with E-state index in [2.05, 4.69) is 55.2 Å². The van der Waals surface area contributed by atoms with Gasteiger partial charge in [0.1, 0.15) is 0 Å². The Hall–Kier alpha value is -2.39. The summed E-state index contributed by atoms with van der Waals surface area (Å²) >= 11 is 0. The third kappa shape index (κ3) is 4.58. The van der Waals surface area contributed by atoms with E-state index in [1.54, 1.807) is 0 Å². The van der Waals surface area contributed by atoms with Crippen molar-refractivity contribution in [3.05, 3.63) is 76.9 Å². The standard InChI is InChI=1S/C22H26N2O/c1-18-10-11-21(17-19(18)2)22(25)24-15-13-23(14-16-24)12-6-9-20-7-4-3-5-8-20/h3-11,17H,12-16H2,1-2H3. The fraction of sp³-hybridized carbons (Fsp3) is 0.318. The minimum absolute atomic E-state index is 0.155. The second-order valence-corrected chi connectivity index (χ2v) is 6.70. The van der Waals surface area contributed by atoms with Crippen molar-refractivity contribution in [1.29, 1.82) is 0 Å². The number of carbonyl (C=O) groups excluding carboxylic acids is 1. The number of piperazine rings is 1. The first-order valence-corrected chi connectivity index (χ1v) is 8.94. The van der Waals surface area contributed by atoms with Crippen LogP contribution in [0.1, 0.15) is 27.0 Å². The molecule has 0 atom stereocenters. The zero-order valence-corrected chi connectivity index (χ0v) is 15.1. The maximum Gasteiger partial charge on any atom is 0.253 e. The summed E-state index contributed by atoms with van der Waals surface area (Å²) in [7, 11) is 0. The zero-order chi connectivity index (χ0) is 17.6. The second kappa shape index (κ2) is 8.13. The van der Waals surface area contributed by atoms with Gasteiger partial charge in [-0.05, 0) is 42.7 Å². The summed E-state index contributed by atoms with van der Waals surface area (Å²) in [4.78, 5) is 17.0. The number of hydrogen-bond acceptors (Lipinski definition) is 2. The molecule has 1 aliphatic rings. The quantitative estimate of drug-likeness (QED) is 0.850. The van der Waals surface area contributed by atoms with Crippen LogP contribution in [0.3, 0.4) is 0 Å². The van der Waals surface area contributed by atoms with Crippen molar-refractivity contribution >= 4 is 12.0 Å². The lowest BCUT2D eigenvalue weighted by molar-refractivity contribution is 0.0650. The van der Waals surface area contributed by atoms with Gasteiger partial charge in [-0.3, -0.25) is 9.69 Å². The highest BCUT2D eigenvalue weighted by atomic mass is 16.2. The molecule has 1 amide bonds. The minimum atomic E-state index is 0.155. The van der Waals surface area contributed by atoms with E-state index in [-0.39, 0.29) is 5.91 Å². The van der Waals surface area contributed by atoms with Crippen LogP contribution in [-0.4, -0.2) is 48.4 Å². The van der Waals surface area contributed by atoms with Gasteiger partial charge in [0, 0.05) is 38.3 Å². The number of benzene rings is 2. The minimum Gasteiger partial charge on any atom is -0.336 e. The van der Waals surface area contributed by atoms with Gasteiger partial charge >= 0.3 is 0 Å². The summed E-state index contributed by atoms with van der Waals surface area (Å²) in [5.74, 6) is 0.155. The SMILES string of the molecule is Cc1ccc(C(=O)N2CCN(CC=Cc3ccccc3)CC2)cc1C. The van der Waals surface area contributed by atoms with Gasteiger partial charge in [0.15, 0.2) is 0 Å². The molecule has 1 fully saturated rings. The number of rotatable bonds is 4. The molecule has 1 aliphatic heterocycles. The van der Waals surface area contributed by atoms with E-state index in [1.165, 1.54) is 16.7 Å². The van der Waals surface area contributed by atoms with E-state index >= 15 is 0 Å². The summed E-state index contributed by atoms with van der Waals surface area (Å²) in [5.41, 5.74) is 4.44. The Kier molecular flexibility index (Phi) is 5.67. The Bertz CT molecular complexity index is 744. The lowest BCUT2D eigenvalue weighted by atomic mass is 10.1. The first-order chi connectivity index (χ1) is 12.1. The lowest BCUT2D eigenvalue weighted by Gasteiger charge is -2.34. The molecule has 25 heavy (non-hydrogen) atoms. The van der Waals surface area contributed by atoms with Gasteiger partial charge in [0.2, 0.25) is 0 Å². The van der Waals surface area contributed by atoms with Gasteiger partial charge in [-0.1, -0.05) is 48.6 Å². The monoisotopic (exact) mass is 334 g/mol. The van der Waals surface area contributed by atoms with Crippen molar-refractivity contribution in [3.63, 3.8) is 0 Å². The van der Waals surface area contributed by atoms with Gasteiger partial charge in [-0.2, -0.15) is 0 Å². The highest BCUT2D eigenvalue weighted by Gasteiger charge is 2.21. The molecule has 1 heterocycles. The van der Waals surface area contributed by atoms with Crippen LogP contribution in [0, 0.1) is 13.8 Å². The number of carbonyl (C=O) groups is 1. The molecule has 0 N–H and O–H groups in total.